The molecule has 21 heavy (non-hydrogen) atoms. The van der Waals surface area contributed by atoms with E-state index in [0.29, 0.717) is 30.1 Å². The van der Waals surface area contributed by atoms with Crippen molar-refractivity contribution < 1.29 is 9.53 Å². The molecule has 0 fully saturated rings. The molecule has 0 unspecified atom stereocenters. The number of ether oxygens (including phenoxy) is 1. The molecule has 0 aliphatic rings. The van der Waals surface area contributed by atoms with Gasteiger partial charge in [0.2, 0.25) is 0 Å². The number of aryl methyl sites for hydroxylation is 1. The molecule has 0 radical (unpaired) electrons. The first-order valence-electron chi connectivity index (χ1n) is 6.78. The molecule has 4 nitrogen and oxygen atoms in total. The van der Waals surface area contributed by atoms with Crippen LogP contribution in [0, 0.1) is 6.92 Å². The van der Waals surface area contributed by atoms with Gasteiger partial charge in [0.05, 0.1) is 18.2 Å². The van der Waals surface area contributed by atoms with Gasteiger partial charge in [-0.25, -0.2) is 14.8 Å². The highest BCUT2D eigenvalue weighted by atomic mass is 35.5. The smallest absolute Gasteiger partial charge is 0.341 e. The molecule has 0 bridgehead atoms. The summed E-state index contributed by atoms with van der Waals surface area (Å²) in [5.41, 5.74) is 3.18. The molecule has 110 valence electrons. The van der Waals surface area contributed by atoms with Gasteiger partial charge < -0.3 is 4.74 Å². The average molecular weight is 305 g/mol. The summed E-state index contributed by atoms with van der Waals surface area (Å²) in [5.74, 6) is 0.362. The molecule has 2 aromatic rings. The highest BCUT2D eigenvalue weighted by molar-refractivity contribution is 6.17. The van der Waals surface area contributed by atoms with Gasteiger partial charge in [-0.3, -0.25) is 0 Å². The summed E-state index contributed by atoms with van der Waals surface area (Å²) in [6.07, 6.45) is 2.11. The summed E-state index contributed by atoms with van der Waals surface area (Å²) >= 11 is 5.88. The Morgan fingerprint density at radius 2 is 2.10 bits per heavy atom. The van der Waals surface area contributed by atoms with Gasteiger partial charge in [-0.05, 0) is 25.0 Å². The monoisotopic (exact) mass is 304 g/mol. The summed E-state index contributed by atoms with van der Waals surface area (Å²) < 4.78 is 4.97. The zero-order valence-electron chi connectivity index (χ0n) is 12.1. The summed E-state index contributed by atoms with van der Waals surface area (Å²) in [7, 11) is 0. The van der Waals surface area contributed by atoms with Crippen molar-refractivity contribution in [3.8, 4) is 0 Å². The lowest BCUT2D eigenvalue weighted by atomic mass is 10.1. The molecule has 0 saturated heterocycles. The van der Waals surface area contributed by atoms with Crippen LogP contribution < -0.4 is 0 Å². The fraction of sp³-hybridized carbons (Fsp3) is 0.312. The van der Waals surface area contributed by atoms with E-state index in [9.17, 15) is 4.79 Å². The van der Waals surface area contributed by atoms with Gasteiger partial charge in [-0.15, -0.1) is 11.6 Å². The molecule has 0 saturated carbocycles. The van der Waals surface area contributed by atoms with E-state index < -0.39 is 5.97 Å². The topological polar surface area (TPSA) is 52.1 Å². The Bertz CT molecular complexity index is 644. The highest BCUT2D eigenvalue weighted by Crippen LogP contribution is 2.14. The Labute approximate surface area is 129 Å². The first-order chi connectivity index (χ1) is 10.2. The SMILES string of the molecule is CCOC(=O)c1cnc(Cc2ccccc2C)nc1CCl. The number of aromatic nitrogens is 2. The number of esters is 1. The van der Waals surface area contributed by atoms with Crippen molar-refractivity contribution in [2.45, 2.75) is 26.1 Å². The number of hydrogen-bond donors (Lipinski definition) is 0. The molecular weight excluding hydrogens is 288 g/mol. The van der Waals surface area contributed by atoms with Crippen LogP contribution >= 0.6 is 11.6 Å². The van der Waals surface area contributed by atoms with Crippen LogP contribution in [0.2, 0.25) is 0 Å². The van der Waals surface area contributed by atoms with Crippen LogP contribution in [0.1, 0.15) is 39.9 Å². The molecule has 0 amide bonds. The molecule has 0 aliphatic heterocycles. The van der Waals surface area contributed by atoms with E-state index in [1.165, 1.54) is 11.8 Å². The van der Waals surface area contributed by atoms with Crippen LogP contribution in [0.3, 0.4) is 0 Å². The molecule has 5 heteroatoms. The lowest BCUT2D eigenvalue weighted by Gasteiger charge is -2.09. The van der Waals surface area contributed by atoms with Crippen LogP contribution in [0.4, 0.5) is 0 Å². The summed E-state index contributed by atoms with van der Waals surface area (Å²) in [4.78, 5) is 20.4. The van der Waals surface area contributed by atoms with E-state index in [4.69, 9.17) is 16.3 Å². The molecular formula is C16H17ClN2O2. The molecule has 0 aliphatic carbocycles. The zero-order chi connectivity index (χ0) is 15.2. The van der Waals surface area contributed by atoms with Crippen molar-refractivity contribution in [2.75, 3.05) is 6.61 Å². The van der Waals surface area contributed by atoms with Crippen LogP contribution in [0.15, 0.2) is 30.5 Å². The van der Waals surface area contributed by atoms with Crippen LogP contribution in [-0.2, 0) is 17.0 Å². The van der Waals surface area contributed by atoms with E-state index in [2.05, 4.69) is 9.97 Å². The van der Waals surface area contributed by atoms with Crippen molar-refractivity contribution in [2.24, 2.45) is 0 Å². The van der Waals surface area contributed by atoms with Crippen molar-refractivity contribution >= 4 is 17.6 Å². The Balaban J connectivity index is 2.27. The summed E-state index contributed by atoms with van der Waals surface area (Å²) in [5, 5.41) is 0. The Morgan fingerprint density at radius 3 is 2.76 bits per heavy atom. The Morgan fingerprint density at radius 1 is 1.33 bits per heavy atom. The molecule has 1 aromatic carbocycles. The van der Waals surface area contributed by atoms with Gasteiger partial charge >= 0.3 is 5.97 Å². The lowest BCUT2D eigenvalue weighted by Crippen LogP contribution is -2.12. The third-order valence-electron chi connectivity index (χ3n) is 3.15. The number of carbonyl (C=O) groups excluding carboxylic acids is 1. The second-order valence-electron chi connectivity index (χ2n) is 4.60. The van der Waals surface area contributed by atoms with Crippen molar-refractivity contribution in [3.05, 3.63) is 58.7 Å². The quantitative estimate of drug-likeness (QED) is 0.628. The molecule has 0 atom stereocenters. The maximum absolute atomic E-state index is 11.8. The van der Waals surface area contributed by atoms with E-state index >= 15 is 0 Å². The van der Waals surface area contributed by atoms with Gasteiger partial charge in [0.25, 0.3) is 0 Å². The standard InChI is InChI=1S/C16H17ClN2O2/c1-3-21-16(20)13-10-18-15(19-14(13)9-17)8-12-7-5-4-6-11(12)2/h4-7,10H,3,8-9H2,1-2H3. The normalized spacial score (nSPS) is 10.4. The second kappa shape index (κ2) is 7.18. The van der Waals surface area contributed by atoms with Gasteiger partial charge in [0.15, 0.2) is 0 Å². The minimum absolute atomic E-state index is 0.150. The first-order valence-corrected chi connectivity index (χ1v) is 7.31. The maximum Gasteiger partial charge on any atom is 0.341 e. The zero-order valence-corrected chi connectivity index (χ0v) is 12.9. The van der Waals surface area contributed by atoms with E-state index in [1.54, 1.807) is 6.92 Å². The van der Waals surface area contributed by atoms with Crippen molar-refractivity contribution in [3.63, 3.8) is 0 Å². The van der Waals surface area contributed by atoms with Gasteiger partial charge in [-0.2, -0.15) is 0 Å². The fourth-order valence-electron chi connectivity index (χ4n) is 2.00. The maximum atomic E-state index is 11.8. The summed E-state index contributed by atoms with van der Waals surface area (Å²) in [6.45, 7) is 4.11. The first kappa shape index (κ1) is 15.4. The van der Waals surface area contributed by atoms with E-state index in [-0.39, 0.29) is 5.88 Å². The predicted octanol–water partition coefficient (Wildman–Crippen LogP) is 3.29. The number of halogens is 1. The summed E-state index contributed by atoms with van der Waals surface area (Å²) in [6, 6.07) is 8.06. The second-order valence-corrected chi connectivity index (χ2v) is 4.87. The van der Waals surface area contributed by atoms with Crippen LogP contribution in [0.5, 0.6) is 0 Å². The highest BCUT2D eigenvalue weighted by Gasteiger charge is 2.15. The fourth-order valence-corrected chi connectivity index (χ4v) is 2.21. The molecule has 2 rings (SSSR count). The van der Waals surface area contributed by atoms with Crippen molar-refractivity contribution in [1.82, 2.24) is 9.97 Å². The number of rotatable bonds is 5. The minimum atomic E-state index is -0.435. The predicted molar refractivity (Wildman–Crippen MR) is 81.5 cm³/mol. The third-order valence-corrected chi connectivity index (χ3v) is 3.40. The van der Waals surface area contributed by atoms with Gasteiger partial charge in [0, 0.05) is 12.6 Å². The van der Waals surface area contributed by atoms with Gasteiger partial charge in [0.1, 0.15) is 11.4 Å². The number of hydrogen-bond acceptors (Lipinski definition) is 4. The van der Waals surface area contributed by atoms with Crippen LogP contribution in [0.25, 0.3) is 0 Å². The molecule has 1 heterocycles. The molecule has 1 aromatic heterocycles. The Kier molecular flexibility index (Phi) is 5.28. The third kappa shape index (κ3) is 3.79. The van der Waals surface area contributed by atoms with E-state index in [0.717, 1.165) is 5.56 Å². The lowest BCUT2D eigenvalue weighted by molar-refractivity contribution is 0.0524. The number of carbonyl (C=O) groups is 1. The molecule has 0 N–H and O–H groups in total. The number of alkyl halides is 1. The Hall–Kier alpha value is -1.94. The average Bonchev–Trinajstić information content (AvgIpc) is 2.49. The van der Waals surface area contributed by atoms with E-state index in [1.807, 2.05) is 31.2 Å². The minimum Gasteiger partial charge on any atom is -0.462 e. The van der Waals surface area contributed by atoms with Gasteiger partial charge in [-0.1, -0.05) is 24.3 Å². The number of nitrogens with zero attached hydrogens (tertiary/aromatic N) is 2. The van der Waals surface area contributed by atoms with Crippen LogP contribution in [-0.4, -0.2) is 22.5 Å². The number of benzene rings is 1. The largest absolute Gasteiger partial charge is 0.462 e. The molecule has 0 spiro atoms. The van der Waals surface area contributed by atoms with Crippen molar-refractivity contribution in [1.29, 1.82) is 0 Å².